The van der Waals surface area contributed by atoms with Crippen molar-refractivity contribution in [1.29, 1.82) is 0 Å². The second-order valence-electron chi connectivity index (χ2n) is 9.42. The van der Waals surface area contributed by atoms with Crippen molar-refractivity contribution in [3.63, 3.8) is 0 Å². The zero-order chi connectivity index (χ0) is 25.4. The third-order valence-electron chi connectivity index (χ3n) is 6.78. The molecule has 3 heterocycles. The average molecular weight is 482 g/mol. The molecule has 0 aliphatic rings. The van der Waals surface area contributed by atoms with E-state index in [4.69, 9.17) is 14.7 Å². The summed E-state index contributed by atoms with van der Waals surface area (Å²) < 4.78 is 7.74. The number of nitrogens with zero attached hydrogens (tertiary/aromatic N) is 4. The molecule has 0 atom stereocenters. The van der Waals surface area contributed by atoms with Gasteiger partial charge in [-0.25, -0.2) is 4.98 Å². The molecule has 3 aromatic heterocycles. The van der Waals surface area contributed by atoms with Crippen LogP contribution in [0.15, 0.2) is 54.7 Å². The van der Waals surface area contributed by atoms with Crippen LogP contribution in [-0.4, -0.2) is 59.6 Å². The summed E-state index contributed by atoms with van der Waals surface area (Å²) in [5.74, 6) is 0.653. The van der Waals surface area contributed by atoms with Crippen molar-refractivity contribution in [3.8, 4) is 17.1 Å². The van der Waals surface area contributed by atoms with E-state index in [-0.39, 0.29) is 5.91 Å². The van der Waals surface area contributed by atoms with Crippen molar-refractivity contribution in [2.24, 2.45) is 7.05 Å². The van der Waals surface area contributed by atoms with Crippen molar-refractivity contribution in [3.05, 3.63) is 66.0 Å². The van der Waals surface area contributed by atoms with Crippen LogP contribution in [0.2, 0.25) is 0 Å². The van der Waals surface area contributed by atoms with E-state index < -0.39 is 0 Å². The van der Waals surface area contributed by atoms with E-state index in [1.165, 1.54) is 11.1 Å². The molecule has 0 unspecified atom stereocenters. The van der Waals surface area contributed by atoms with Gasteiger partial charge in [0.2, 0.25) is 0 Å². The first-order valence-corrected chi connectivity index (χ1v) is 12.1. The number of ether oxygens (including phenoxy) is 1. The lowest BCUT2D eigenvalue weighted by Gasteiger charge is -2.12. The number of aromatic nitrogens is 3. The fourth-order valence-electron chi connectivity index (χ4n) is 4.98. The maximum atomic E-state index is 12.8. The molecule has 36 heavy (non-hydrogen) atoms. The van der Waals surface area contributed by atoms with E-state index in [0.717, 1.165) is 51.5 Å². The van der Waals surface area contributed by atoms with E-state index in [1.807, 2.05) is 44.6 Å². The van der Waals surface area contributed by atoms with Gasteiger partial charge in [-0.15, -0.1) is 0 Å². The van der Waals surface area contributed by atoms with Gasteiger partial charge >= 0.3 is 0 Å². The standard InChI is InChI=1S/C29H31N5O2/c1-18-20-12-14-30-27(24-8-6-9-25(32-24)29(35)31-13-7-15-33(2)3)22(20)17-23-21-16-19(36-5)10-11-26(21)34(4)28(18)23/h6,8-12,14,16-17H,7,13,15H2,1-5H3,(H,31,35). The van der Waals surface area contributed by atoms with Crippen LogP contribution in [-0.2, 0) is 7.05 Å². The summed E-state index contributed by atoms with van der Waals surface area (Å²) in [7, 11) is 7.83. The Hall–Kier alpha value is -3.97. The van der Waals surface area contributed by atoms with Gasteiger partial charge in [-0.2, -0.15) is 0 Å². The molecule has 0 aliphatic carbocycles. The van der Waals surface area contributed by atoms with E-state index >= 15 is 0 Å². The zero-order valence-electron chi connectivity index (χ0n) is 21.4. The van der Waals surface area contributed by atoms with E-state index in [9.17, 15) is 4.79 Å². The van der Waals surface area contributed by atoms with Crippen LogP contribution in [0.4, 0.5) is 0 Å². The number of methoxy groups -OCH3 is 1. The Morgan fingerprint density at radius 1 is 1.06 bits per heavy atom. The van der Waals surface area contributed by atoms with Crippen molar-refractivity contribution in [1.82, 2.24) is 24.8 Å². The van der Waals surface area contributed by atoms with E-state index in [0.29, 0.717) is 17.9 Å². The minimum atomic E-state index is -0.171. The predicted octanol–water partition coefficient (Wildman–Crippen LogP) is 4.94. The fraction of sp³-hybridized carbons (Fsp3) is 0.276. The topological polar surface area (TPSA) is 72.3 Å². The largest absolute Gasteiger partial charge is 0.497 e. The molecular formula is C29H31N5O2. The third kappa shape index (κ3) is 4.16. The molecule has 0 fully saturated rings. The maximum absolute atomic E-state index is 12.8. The molecule has 2 aromatic carbocycles. The van der Waals surface area contributed by atoms with Gasteiger partial charge in [0.25, 0.3) is 5.91 Å². The van der Waals surface area contributed by atoms with Crippen LogP contribution < -0.4 is 10.1 Å². The number of hydrogen-bond donors (Lipinski definition) is 1. The molecule has 0 saturated heterocycles. The van der Waals surface area contributed by atoms with Gasteiger partial charge in [-0.3, -0.25) is 9.78 Å². The number of nitrogens with one attached hydrogen (secondary N) is 1. The number of benzene rings is 2. The highest BCUT2D eigenvalue weighted by Crippen LogP contribution is 2.38. The first kappa shape index (κ1) is 23.8. The first-order valence-electron chi connectivity index (χ1n) is 12.1. The van der Waals surface area contributed by atoms with E-state index in [1.54, 1.807) is 13.2 Å². The molecular weight excluding hydrogens is 450 g/mol. The summed E-state index contributed by atoms with van der Waals surface area (Å²) in [6.07, 6.45) is 2.70. The summed E-state index contributed by atoms with van der Waals surface area (Å²) in [6.45, 7) is 3.67. The Kier molecular flexibility index (Phi) is 6.33. The Morgan fingerprint density at radius 3 is 2.67 bits per heavy atom. The quantitative estimate of drug-likeness (QED) is 0.334. The Bertz CT molecular complexity index is 1600. The lowest BCUT2D eigenvalue weighted by Crippen LogP contribution is -2.27. The lowest BCUT2D eigenvalue weighted by atomic mass is 9.99. The molecule has 184 valence electrons. The second-order valence-corrected chi connectivity index (χ2v) is 9.42. The van der Waals surface area contributed by atoms with Crippen LogP contribution in [0.25, 0.3) is 44.0 Å². The van der Waals surface area contributed by atoms with Gasteiger partial charge in [0, 0.05) is 41.5 Å². The maximum Gasteiger partial charge on any atom is 0.269 e. The molecule has 7 heteroatoms. The minimum absolute atomic E-state index is 0.171. The van der Waals surface area contributed by atoms with Crippen molar-refractivity contribution in [2.45, 2.75) is 13.3 Å². The van der Waals surface area contributed by atoms with Crippen molar-refractivity contribution in [2.75, 3.05) is 34.3 Å². The Balaban J connectivity index is 1.61. The number of pyridine rings is 2. The third-order valence-corrected chi connectivity index (χ3v) is 6.78. The normalized spacial score (nSPS) is 11.6. The number of rotatable bonds is 7. The highest BCUT2D eigenvalue weighted by molar-refractivity contribution is 6.16. The highest BCUT2D eigenvalue weighted by Gasteiger charge is 2.17. The number of carbonyl (C=O) groups excluding carboxylic acids is 1. The predicted molar refractivity (Wildman–Crippen MR) is 146 cm³/mol. The zero-order valence-corrected chi connectivity index (χ0v) is 21.4. The van der Waals surface area contributed by atoms with Crippen LogP contribution >= 0.6 is 0 Å². The summed E-state index contributed by atoms with van der Waals surface area (Å²) in [5, 5.41) is 7.37. The van der Waals surface area contributed by atoms with Gasteiger partial charge in [-0.05, 0) is 87.4 Å². The first-order chi connectivity index (χ1) is 17.4. The fourth-order valence-corrected chi connectivity index (χ4v) is 4.98. The molecule has 0 spiro atoms. The molecule has 0 radical (unpaired) electrons. The molecule has 5 aromatic rings. The monoisotopic (exact) mass is 481 g/mol. The highest BCUT2D eigenvalue weighted by atomic mass is 16.5. The molecule has 1 N–H and O–H groups in total. The number of aryl methyl sites for hydroxylation is 2. The number of fused-ring (bicyclic) bond motifs is 4. The van der Waals surface area contributed by atoms with Gasteiger partial charge in [-0.1, -0.05) is 6.07 Å². The van der Waals surface area contributed by atoms with Gasteiger partial charge in [0.1, 0.15) is 11.4 Å². The van der Waals surface area contributed by atoms with E-state index in [2.05, 4.69) is 47.0 Å². The SMILES string of the molecule is COc1ccc2c(c1)c1cc3c(-c4cccc(C(=O)NCCCN(C)C)n4)nccc3c(C)c1n2C. The minimum Gasteiger partial charge on any atom is -0.497 e. The second kappa shape index (κ2) is 9.59. The molecule has 0 aliphatic heterocycles. The average Bonchev–Trinajstić information content (AvgIpc) is 3.17. The Morgan fingerprint density at radius 2 is 1.89 bits per heavy atom. The summed E-state index contributed by atoms with van der Waals surface area (Å²) >= 11 is 0. The Labute approximate surface area is 210 Å². The smallest absolute Gasteiger partial charge is 0.269 e. The van der Waals surface area contributed by atoms with Crippen LogP contribution in [0, 0.1) is 6.92 Å². The van der Waals surface area contributed by atoms with Gasteiger partial charge in [0.15, 0.2) is 0 Å². The van der Waals surface area contributed by atoms with Gasteiger partial charge < -0.3 is 19.5 Å². The van der Waals surface area contributed by atoms with Crippen LogP contribution in [0.5, 0.6) is 5.75 Å². The summed E-state index contributed by atoms with van der Waals surface area (Å²) in [4.78, 5) is 24.3. The lowest BCUT2D eigenvalue weighted by molar-refractivity contribution is 0.0947. The molecule has 5 rings (SSSR count). The molecule has 0 saturated carbocycles. The van der Waals surface area contributed by atoms with Crippen molar-refractivity contribution >= 4 is 38.5 Å². The molecule has 1 amide bonds. The van der Waals surface area contributed by atoms with Gasteiger partial charge in [0.05, 0.1) is 24.0 Å². The van der Waals surface area contributed by atoms with Crippen LogP contribution in [0.1, 0.15) is 22.5 Å². The number of amides is 1. The molecule has 7 nitrogen and oxygen atoms in total. The number of hydrogen-bond acceptors (Lipinski definition) is 5. The summed E-state index contributed by atoms with van der Waals surface area (Å²) in [6, 6.07) is 15.9. The molecule has 0 bridgehead atoms. The van der Waals surface area contributed by atoms with Crippen LogP contribution in [0.3, 0.4) is 0 Å². The number of carbonyl (C=O) groups is 1. The van der Waals surface area contributed by atoms with Crippen molar-refractivity contribution < 1.29 is 9.53 Å². The summed E-state index contributed by atoms with van der Waals surface area (Å²) in [5.41, 5.74) is 5.34.